The monoisotopic (exact) mass is 1170 g/mol. The standard InChI is InChI=1S/C32H38O9S.C4H9NO2.C2H6O2.C2H6.CH2O3.CH4.ClH.2Cs.H/c1-42(37,38)28-22-26(21-27(23-28)41-25-13-6-4-7-14-25)39-19-8-3-2-5-11-24-12-9-15-30(29(24)17-18-32(35)36)40-20-10-16-31(33)34;1-5(2)3-4(6)7;1-2-4-3;1-2;2-1-4-3;;;;;/h4,6-7,9,12-15,21-23H,2-3,5,8,10-11,16-20H2,1H3,(H,33,34)(H,35,36);3H2,1-2H3,(H,6,7);3H,2H2,1H3;1-2H3;1,3H;1H4;1H;;;/q;;;;;;;2*+1;-1/p-1. The van der Waals surface area contributed by atoms with E-state index in [1.54, 1.807) is 50.2 Å². The fourth-order valence-electron chi connectivity index (χ4n) is 4.66. The first-order valence-corrected chi connectivity index (χ1v) is 20.7. The van der Waals surface area contributed by atoms with Gasteiger partial charge in [0, 0.05) is 25.2 Å². The molecule has 3 rings (SSSR count). The van der Waals surface area contributed by atoms with E-state index in [4.69, 9.17) is 39.7 Å². The van der Waals surface area contributed by atoms with Crippen LogP contribution in [0.3, 0.4) is 0 Å². The average Bonchev–Trinajstić information content (AvgIpc) is 3.19. The minimum atomic E-state index is -3.46. The molecule has 3 aromatic rings. The molecule has 0 aliphatic heterocycles. The molecule has 350 valence electrons. The predicted molar refractivity (Wildman–Crippen MR) is 233 cm³/mol. The minimum absolute atomic E-state index is 0. The average molecular weight is 1170 g/mol. The van der Waals surface area contributed by atoms with Crippen molar-refractivity contribution in [2.24, 2.45) is 0 Å². The quantitative estimate of drug-likeness (QED) is 0.0449. The number of carboxylic acid groups (broad SMARTS) is 3. The van der Waals surface area contributed by atoms with Gasteiger partial charge in [0.25, 0.3) is 6.47 Å². The maximum Gasteiger partial charge on any atom is 1.00 e. The van der Waals surface area contributed by atoms with Crippen LogP contribution in [0.4, 0.5) is 0 Å². The number of para-hydroxylation sites is 1. The summed E-state index contributed by atoms with van der Waals surface area (Å²) in [5.74, 6) is -0.548. The SMILES string of the molecule is C.CC.CCOO.CN(C)CC(=O)O.CS(=O)(=O)c1cc(OCCCCCCc2cccc(OCCCC(=O)O)c2CCC(=O)O)cc(Oc2ccccc2)c1.Cl.O=CO[O-].[Cs+].[Cs+].[H-]. The number of benzene rings is 3. The van der Waals surface area contributed by atoms with E-state index in [0.717, 1.165) is 49.5 Å². The number of aliphatic carboxylic acids is 3. The summed E-state index contributed by atoms with van der Waals surface area (Å²) in [6, 6.07) is 19.4. The van der Waals surface area contributed by atoms with Crippen LogP contribution in [0.25, 0.3) is 0 Å². The van der Waals surface area contributed by atoms with Crippen LogP contribution in [0, 0.1) is 0 Å². The summed E-state index contributed by atoms with van der Waals surface area (Å²) >= 11 is 0. The molecular formula is C42H66ClCs2NO16S. The summed E-state index contributed by atoms with van der Waals surface area (Å²) < 4.78 is 41.9. The summed E-state index contributed by atoms with van der Waals surface area (Å²) in [6.45, 7) is 6.68. The molecule has 0 unspecified atom stereocenters. The van der Waals surface area contributed by atoms with Gasteiger partial charge in [0.05, 0.1) is 31.3 Å². The van der Waals surface area contributed by atoms with E-state index in [1.165, 1.54) is 12.1 Å². The Bertz CT molecular complexity index is 1730. The van der Waals surface area contributed by atoms with E-state index in [0.29, 0.717) is 49.1 Å². The number of hydrogen-bond acceptors (Lipinski definition) is 14. The Balaban J connectivity index is -0.000000253. The molecule has 63 heavy (non-hydrogen) atoms. The minimum Gasteiger partial charge on any atom is -1.00 e. The second kappa shape index (κ2) is 47.6. The first-order chi connectivity index (χ1) is 28.1. The van der Waals surface area contributed by atoms with Gasteiger partial charge in [-0.1, -0.05) is 64.4 Å². The summed E-state index contributed by atoms with van der Waals surface area (Å²) in [5, 5.41) is 41.9. The Hall–Kier alpha value is -0.876. The number of carbonyl (C=O) groups is 4. The van der Waals surface area contributed by atoms with Crippen molar-refractivity contribution in [3.63, 3.8) is 0 Å². The first-order valence-electron chi connectivity index (χ1n) is 18.8. The largest absolute Gasteiger partial charge is 1.00 e. The normalized spacial score (nSPS) is 9.41. The molecular weight excluding hydrogens is 1110 g/mol. The molecule has 0 aliphatic carbocycles. The van der Waals surface area contributed by atoms with Gasteiger partial charge in [-0.3, -0.25) is 29.3 Å². The van der Waals surface area contributed by atoms with E-state index in [2.05, 4.69) is 9.78 Å². The smallest absolute Gasteiger partial charge is 1.00 e. The number of nitrogens with zero attached hydrogens (tertiary/aromatic N) is 1. The van der Waals surface area contributed by atoms with Crippen LogP contribution in [0.15, 0.2) is 71.6 Å². The van der Waals surface area contributed by atoms with Crippen molar-refractivity contribution in [1.82, 2.24) is 4.90 Å². The van der Waals surface area contributed by atoms with E-state index < -0.39 is 27.7 Å². The summed E-state index contributed by atoms with van der Waals surface area (Å²) in [7, 11) is -0.0273. The van der Waals surface area contributed by atoms with Gasteiger partial charge >= 0.3 is 156 Å². The molecule has 0 radical (unpaired) electrons. The predicted octanol–water partition coefficient (Wildman–Crippen LogP) is 1.09. The molecule has 0 atom stereocenters. The number of hydrogen-bond donors (Lipinski definition) is 4. The van der Waals surface area contributed by atoms with Crippen LogP contribution in [0.5, 0.6) is 23.0 Å². The molecule has 0 aromatic heterocycles. The third-order valence-electron chi connectivity index (χ3n) is 7.10. The van der Waals surface area contributed by atoms with Crippen LogP contribution < -0.4 is 157 Å². The number of likely N-dealkylation sites (N-methyl/N-ethyl adjacent to an activating group) is 1. The maximum absolute atomic E-state index is 12.2. The molecule has 0 spiro atoms. The van der Waals surface area contributed by atoms with Crippen molar-refractivity contribution in [3.05, 3.63) is 77.9 Å². The van der Waals surface area contributed by atoms with Gasteiger partial charge < -0.3 is 41.1 Å². The molecule has 0 bridgehead atoms. The third kappa shape index (κ3) is 42.2. The molecule has 0 saturated carbocycles. The van der Waals surface area contributed by atoms with Gasteiger partial charge in [-0.2, -0.15) is 0 Å². The first kappa shape index (κ1) is 73.7. The molecule has 17 nitrogen and oxygen atoms in total. The number of rotatable bonds is 23. The van der Waals surface area contributed by atoms with E-state index in [-0.39, 0.29) is 196 Å². The van der Waals surface area contributed by atoms with Gasteiger partial charge in [-0.25, -0.2) is 13.3 Å². The molecule has 21 heteroatoms. The third-order valence-corrected chi connectivity index (χ3v) is 8.19. The molecule has 0 heterocycles. The van der Waals surface area contributed by atoms with E-state index in [1.807, 2.05) is 44.2 Å². The second-order valence-corrected chi connectivity index (χ2v) is 14.2. The van der Waals surface area contributed by atoms with Gasteiger partial charge in [-0.05, 0) is 94.6 Å². The Morgan fingerprint density at radius 3 is 1.78 bits per heavy atom. The van der Waals surface area contributed by atoms with Gasteiger partial charge in [0.1, 0.15) is 23.0 Å². The van der Waals surface area contributed by atoms with Crippen molar-refractivity contribution >= 4 is 46.6 Å². The fraction of sp³-hybridized carbons (Fsp3) is 0.476. The van der Waals surface area contributed by atoms with E-state index in [9.17, 15) is 27.9 Å². The molecule has 0 amide bonds. The van der Waals surface area contributed by atoms with Crippen molar-refractivity contribution in [2.75, 3.05) is 46.7 Å². The zero-order chi connectivity index (χ0) is 45.1. The zero-order valence-electron chi connectivity index (χ0n) is 38.1. The van der Waals surface area contributed by atoms with Crippen LogP contribution in [0.2, 0.25) is 0 Å². The van der Waals surface area contributed by atoms with Crippen molar-refractivity contribution in [2.45, 2.75) is 90.9 Å². The number of carbonyl (C=O) groups excluding carboxylic acids is 1. The fourth-order valence-corrected chi connectivity index (χ4v) is 5.32. The van der Waals surface area contributed by atoms with Crippen LogP contribution >= 0.6 is 12.4 Å². The maximum atomic E-state index is 12.2. The topological polar surface area (TPSA) is 256 Å². The van der Waals surface area contributed by atoms with Crippen molar-refractivity contribution in [1.29, 1.82) is 0 Å². The Morgan fingerprint density at radius 1 is 0.762 bits per heavy atom. The molecule has 4 N–H and O–H groups in total. The summed E-state index contributed by atoms with van der Waals surface area (Å²) in [6.07, 6.45) is 6.11. The van der Waals surface area contributed by atoms with Crippen molar-refractivity contribution < 1.29 is 217 Å². The van der Waals surface area contributed by atoms with Crippen LogP contribution in [0.1, 0.15) is 85.7 Å². The van der Waals surface area contributed by atoms with Gasteiger partial charge in [-0.15, -0.1) is 12.4 Å². The molecule has 3 aromatic carbocycles. The Labute approximate surface area is 498 Å². The number of halogens is 1. The Kier molecular flexibility index (Phi) is 55.7. The number of ether oxygens (including phenoxy) is 3. The number of unbranched alkanes of at least 4 members (excludes halogenated alkanes) is 3. The summed E-state index contributed by atoms with van der Waals surface area (Å²) in [5.41, 5.74) is 1.89. The molecule has 0 aliphatic rings. The van der Waals surface area contributed by atoms with Crippen molar-refractivity contribution in [3.8, 4) is 23.0 Å². The van der Waals surface area contributed by atoms with Crippen LogP contribution in [-0.4, -0.2) is 105 Å². The number of sulfone groups is 1. The van der Waals surface area contributed by atoms with Gasteiger partial charge in [0.15, 0.2) is 9.84 Å². The summed E-state index contributed by atoms with van der Waals surface area (Å²) in [4.78, 5) is 48.3. The van der Waals surface area contributed by atoms with Gasteiger partial charge in [0.2, 0.25) is 0 Å². The second-order valence-electron chi connectivity index (χ2n) is 12.2. The van der Waals surface area contributed by atoms with E-state index >= 15 is 0 Å². The number of aryl methyl sites for hydroxylation is 1. The molecule has 0 fully saturated rings. The van der Waals surface area contributed by atoms with Crippen LogP contribution in [-0.2, 0) is 51.6 Å². The Morgan fingerprint density at radius 2 is 1.30 bits per heavy atom. The zero-order valence-corrected chi connectivity index (χ0v) is 51.3. The molecule has 0 saturated heterocycles. The number of carboxylic acids is 3.